The summed E-state index contributed by atoms with van der Waals surface area (Å²) in [5, 5.41) is 3.33. The van der Waals surface area contributed by atoms with Crippen molar-refractivity contribution in [1.82, 2.24) is 5.32 Å². The van der Waals surface area contributed by atoms with E-state index in [-0.39, 0.29) is 5.91 Å². The highest BCUT2D eigenvalue weighted by Gasteiger charge is 2.32. The first-order chi connectivity index (χ1) is 14.7. The van der Waals surface area contributed by atoms with Gasteiger partial charge in [0.05, 0.1) is 12.8 Å². The minimum Gasteiger partial charge on any atom is -0.497 e. The molecule has 0 bridgehead atoms. The summed E-state index contributed by atoms with van der Waals surface area (Å²) in [6.07, 6.45) is 1.76. The van der Waals surface area contributed by atoms with Crippen LogP contribution in [0.2, 0.25) is 0 Å². The summed E-state index contributed by atoms with van der Waals surface area (Å²) in [4.78, 5) is 14.5. The van der Waals surface area contributed by atoms with Crippen LogP contribution < -0.4 is 19.7 Å². The number of nitrogens with one attached hydrogen (secondary N) is 1. The number of anilines is 1. The number of methoxy groups -OCH3 is 1. The molecule has 0 saturated carbocycles. The van der Waals surface area contributed by atoms with Gasteiger partial charge in [-0.05, 0) is 42.1 Å². The number of benzene rings is 3. The maximum absolute atomic E-state index is 13.0. The molecule has 1 heterocycles. The standard InChI is InChI=1S/C24H20N2O3S/c1-28-20-12-7-11-19(15-20)26-23(27)21(25-24(26)30)14-18-10-5-6-13-22(18)29-16-17-8-3-2-4-9-17/h2-15H,16H2,1H3,(H,25,30)/b21-14-. The number of hydrogen-bond donors (Lipinski definition) is 1. The highest BCUT2D eigenvalue weighted by molar-refractivity contribution is 7.80. The van der Waals surface area contributed by atoms with Crippen molar-refractivity contribution in [3.8, 4) is 11.5 Å². The van der Waals surface area contributed by atoms with Crippen LogP contribution in [0.4, 0.5) is 5.69 Å². The number of thiocarbonyl (C=S) groups is 1. The molecule has 1 saturated heterocycles. The fraction of sp³-hybridized carbons (Fsp3) is 0.0833. The van der Waals surface area contributed by atoms with Gasteiger partial charge in [-0.2, -0.15) is 0 Å². The number of ether oxygens (including phenoxy) is 2. The largest absolute Gasteiger partial charge is 0.497 e. The van der Waals surface area contributed by atoms with Gasteiger partial charge in [-0.25, -0.2) is 0 Å². The van der Waals surface area contributed by atoms with Crippen LogP contribution in [0.3, 0.4) is 0 Å². The van der Waals surface area contributed by atoms with E-state index in [4.69, 9.17) is 21.7 Å². The van der Waals surface area contributed by atoms with Gasteiger partial charge in [0.2, 0.25) is 0 Å². The lowest BCUT2D eigenvalue weighted by Crippen LogP contribution is -2.30. The predicted octanol–water partition coefficient (Wildman–Crippen LogP) is 4.54. The molecule has 0 unspecified atom stereocenters. The van der Waals surface area contributed by atoms with Crippen molar-refractivity contribution in [1.29, 1.82) is 0 Å². The molecule has 0 aliphatic carbocycles. The molecule has 3 aromatic carbocycles. The van der Waals surface area contributed by atoms with Gasteiger partial charge >= 0.3 is 0 Å². The average Bonchev–Trinajstić information content (AvgIpc) is 3.06. The number of para-hydroxylation sites is 1. The van der Waals surface area contributed by atoms with Crippen molar-refractivity contribution in [2.75, 3.05) is 12.0 Å². The lowest BCUT2D eigenvalue weighted by Gasteiger charge is -2.14. The van der Waals surface area contributed by atoms with E-state index < -0.39 is 0 Å². The third-order valence-electron chi connectivity index (χ3n) is 4.65. The van der Waals surface area contributed by atoms with Crippen molar-refractivity contribution in [3.05, 3.63) is 95.7 Å². The SMILES string of the molecule is COc1cccc(N2C(=O)/C(=C/c3ccccc3OCc3ccccc3)NC2=S)c1. The molecule has 4 rings (SSSR count). The first-order valence-corrected chi connectivity index (χ1v) is 9.83. The Balaban J connectivity index is 1.58. The van der Waals surface area contributed by atoms with Gasteiger partial charge in [0.25, 0.3) is 5.91 Å². The summed E-state index contributed by atoms with van der Waals surface area (Å²) >= 11 is 5.40. The number of rotatable bonds is 6. The Morgan fingerprint density at radius 1 is 1.00 bits per heavy atom. The molecular formula is C24H20N2O3S. The highest BCUT2D eigenvalue weighted by atomic mass is 32.1. The number of carbonyl (C=O) groups excluding carboxylic acids is 1. The normalized spacial score (nSPS) is 14.7. The Bertz CT molecular complexity index is 1110. The average molecular weight is 417 g/mol. The van der Waals surface area contributed by atoms with Gasteiger partial charge in [0.15, 0.2) is 5.11 Å². The summed E-state index contributed by atoms with van der Waals surface area (Å²) in [5.74, 6) is 1.11. The lowest BCUT2D eigenvalue weighted by molar-refractivity contribution is -0.113. The third-order valence-corrected chi connectivity index (χ3v) is 4.93. The van der Waals surface area contributed by atoms with Gasteiger partial charge < -0.3 is 14.8 Å². The molecule has 0 aromatic heterocycles. The second-order valence-corrected chi connectivity index (χ2v) is 7.03. The number of nitrogens with zero attached hydrogens (tertiary/aromatic N) is 1. The first-order valence-electron chi connectivity index (χ1n) is 9.42. The second-order valence-electron chi connectivity index (χ2n) is 6.64. The molecule has 1 N–H and O–H groups in total. The number of hydrogen-bond acceptors (Lipinski definition) is 4. The molecule has 0 spiro atoms. The van der Waals surface area contributed by atoms with Gasteiger partial charge in [-0.3, -0.25) is 9.69 Å². The van der Waals surface area contributed by atoms with E-state index in [1.165, 1.54) is 4.90 Å². The predicted molar refractivity (Wildman–Crippen MR) is 121 cm³/mol. The van der Waals surface area contributed by atoms with Crippen LogP contribution in [0.25, 0.3) is 6.08 Å². The van der Waals surface area contributed by atoms with Crippen molar-refractivity contribution in [2.24, 2.45) is 0 Å². The summed E-state index contributed by atoms with van der Waals surface area (Å²) in [6, 6.07) is 24.7. The number of amides is 1. The molecule has 0 radical (unpaired) electrons. The molecule has 1 aliphatic rings. The molecule has 1 aliphatic heterocycles. The zero-order valence-electron chi connectivity index (χ0n) is 16.4. The highest BCUT2D eigenvalue weighted by Crippen LogP contribution is 2.28. The molecule has 1 fully saturated rings. The summed E-state index contributed by atoms with van der Waals surface area (Å²) in [5.41, 5.74) is 2.90. The van der Waals surface area contributed by atoms with Crippen molar-refractivity contribution >= 4 is 35.0 Å². The molecule has 0 atom stereocenters. The zero-order valence-corrected chi connectivity index (χ0v) is 17.2. The van der Waals surface area contributed by atoms with Crippen LogP contribution in [0, 0.1) is 0 Å². The molecule has 30 heavy (non-hydrogen) atoms. The minimum absolute atomic E-state index is 0.230. The summed E-state index contributed by atoms with van der Waals surface area (Å²) < 4.78 is 11.2. The van der Waals surface area contributed by atoms with E-state index in [0.29, 0.717) is 34.6 Å². The van der Waals surface area contributed by atoms with E-state index in [1.807, 2.05) is 72.8 Å². The van der Waals surface area contributed by atoms with Gasteiger partial charge in [-0.1, -0.05) is 54.6 Å². The van der Waals surface area contributed by atoms with Crippen molar-refractivity contribution < 1.29 is 14.3 Å². The van der Waals surface area contributed by atoms with E-state index in [2.05, 4.69) is 5.32 Å². The molecule has 6 heteroatoms. The Hall–Kier alpha value is -3.64. The maximum atomic E-state index is 13.0. The lowest BCUT2D eigenvalue weighted by atomic mass is 10.1. The number of carbonyl (C=O) groups is 1. The topological polar surface area (TPSA) is 50.8 Å². The Morgan fingerprint density at radius 3 is 2.57 bits per heavy atom. The molecule has 5 nitrogen and oxygen atoms in total. The van der Waals surface area contributed by atoms with E-state index in [0.717, 1.165) is 11.1 Å². The summed E-state index contributed by atoms with van der Waals surface area (Å²) in [6.45, 7) is 0.441. The maximum Gasteiger partial charge on any atom is 0.281 e. The third kappa shape index (κ3) is 4.18. The fourth-order valence-corrected chi connectivity index (χ4v) is 3.44. The van der Waals surface area contributed by atoms with E-state index >= 15 is 0 Å². The minimum atomic E-state index is -0.230. The van der Waals surface area contributed by atoms with Crippen molar-refractivity contribution in [3.63, 3.8) is 0 Å². The van der Waals surface area contributed by atoms with Crippen LogP contribution in [0.15, 0.2) is 84.6 Å². The molecule has 3 aromatic rings. The molecule has 150 valence electrons. The Kier molecular flexibility index (Phi) is 5.77. The second kappa shape index (κ2) is 8.80. The van der Waals surface area contributed by atoms with Crippen LogP contribution >= 0.6 is 12.2 Å². The fourth-order valence-electron chi connectivity index (χ4n) is 3.14. The van der Waals surface area contributed by atoms with E-state index in [1.54, 1.807) is 19.3 Å². The molecular weight excluding hydrogens is 396 g/mol. The van der Waals surface area contributed by atoms with E-state index in [9.17, 15) is 4.79 Å². The van der Waals surface area contributed by atoms with Gasteiger partial charge in [0.1, 0.15) is 23.8 Å². The van der Waals surface area contributed by atoms with Crippen LogP contribution in [-0.4, -0.2) is 18.1 Å². The van der Waals surface area contributed by atoms with Crippen LogP contribution in [0.5, 0.6) is 11.5 Å². The van der Waals surface area contributed by atoms with Crippen LogP contribution in [0.1, 0.15) is 11.1 Å². The smallest absolute Gasteiger partial charge is 0.281 e. The zero-order chi connectivity index (χ0) is 20.9. The first kappa shape index (κ1) is 19.7. The Labute approximate surface area is 180 Å². The van der Waals surface area contributed by atoms with Gasteiger partial charge in [0, 0.05) is 11.6 Å². The monoisotopic (exact) mass is 416 g/mol. The molecule has 1 amide bonds. The van der Waals surface area contributed by atoms with Crippen molar-refractivity contribution in [2.45, 2.75) is 6.61 Å². The summed E-state index contributed by atoms with van der Waals surface area (Å²) in [7, 11) is 1.58. The van der Waals surface area contributed by atoms with Crippen LogP contribution in [-0.2, 0) is 11.4 Å². The van der Waals surface area contributed by atoms with Gasteiger partial charge in [-0.15, -0.1) is 0 Å². The Morgan fingerprint density at radius 2 is 1.77 bits per heavy atom. The quantitative estimate of drug-likeness (QED) is 0.472.